The Balaban J connectivity index is 2.72. The van der Waals surface area contributed by atoms with Crippen LogP contribution in [0.15, 0.2) is 12.1 Å². The zero-order chi connectivity index (χ0) is 18.3. The van der Waals surface area contributed by atoms with Crippen molar-refractivity contribution in [2.45, 2.75) is 58.9 Å². The molecule has 1 heterocycles. The Kier molecular flexibility index (Phi) is 4.39. The van der Waals surface area contributed by atoms with E-state index < -0.39 is 5.97 Å². The van der Waals surface area contributed by atoms with Crippen LogP contribution in [-0.2, 0) is 22.2 Å². The molecule has 0 aliphatic rings. The summed E-state index contributed by atoms with van der Waals surface area (Å²) in [6, 6.07) is 3.66. The minimum absolute atomic E-state index is 0.260. The first-order valence-electron chi connectivity index (χ1n) is 7.77. The summed E-state index contributed by atoms with van der Waals surface area (Å²) in [7, 11) is 0. The third kappa shape index (κ3) is 3.55. The molecule has 1 aromatic carbocycles. The van der Waals surface area contributed by atoms with Gasteiger partial charge in [0.25, 0.3) is 0 Å². The minimum atomic E-state index is -1.02. The average Bonchev–Trinajstić information content (AvgIpc) is 2.83. The Morgan fingerprint density at radius 1 is 1.08 bits per heavy atom. The van der Waals surface area contributed by atoms with E-state index in [-0.39, 0.29) is 23.1 Å². The van der Waals surface area contributed by atoms with Gasteiger partial charge >= 0.3 is 5.97 Å². The molecule has 0 amide bonds. The van der Waals surface area contributed by atoms with E-state index in [2.05, 4.69) is 15.5 Å². The van der Waals surface area contributed by atoms with Crippen molar-refractivity contribution in [3.05, 3.63) is 23.3 Å². The highest BCUT2D eigenvalue weighted by atomic mass is 16.4. The van der Waals surface area contributed by atoms with Gasteiger partial charge in [0, 0.05) is 16.7 Å². The number of carbonyl (C=O) groups is 1. The van der Waals surface area contributed by atoms with Crippen LogP contribution in [0.3, 0.4) is 0 Å². The number of phenolic OH excluding ortho intramolecular Hbond substituents is 1. The number of benzene rings is 1. The molecule has 2 aromatic rings. The molecule has 0 bridgehead atoms. The average molecular weight is 332 g/mol. The van der Waals surface area contributed by atoms with Crippen molar-refractivity contribution in [3.8, 4) is 17.1 Å². The molecule has 1 aromatic heterocycles. The SMILES string of the molecule is CC(C)(C)c1cc(-c2nnnn2CC(=O)O)cc(C(C)(C)C)c1O. The van der Waals surface area contributed by atoms with E-state index in [9.17, 15) is 9.90 Å². The number of hydrogen-bond acceptors (Lipinski definition) is 5. The van der Waals surface area contributed by atoms with Crippen molar-refractivity contribution in [2.75, 3.05) is 0 Å². The molecule has 0 aliphatic heterocycles. The van der Waals surface area contributed by atoms with Crippen LogP contribution >= 0.6 is 0 Å². The van der Waals surface area contributed by atoms with Crippen molar-refractivity contribution in [1.29, 1.82) is 0 Å². The van der Waals surface area contributed by atoms with E-state index in [1.165, 1.54) is 4.68 Å². The lowest BCUT2D eigenvalue weighted by atomic mass is 9.78. The van der Waals surface area contributed by atoms with E-state index >= 15 is 0 Å². The number of carboxylic acid groups (broad SMARTS) is 1. The zero-order valence-corrected chi connectivity index (χ0v) is 15.0. The topological polar surface area (TPSA) is 101 Å². The maximum absolute atomic E-state index is 11.0. The van der Waals surface area contributed by atoms with Gasteiger partial charge < -0.3 is 10.2 Å². The van der Waals surface area contributed by atoms with Crippen LogP contribution < -0.4 is 0 Å². The van der Waals surface area contributed by atoms with Gasteiger partial charge in [-0.2, -0.15) is 0 Å². The predicted octanol–water partition coefficient (Wildman–Crippen LogP) is 2.73. The second-order valence-electron chi connectivity index (χ2n) is 7.97. The lowest BCUT2D eigenvalue weighted by Gasteiger charge is -2.28. The molecule has 2 rings (SSSR count). The second kappa shape index (κ2) is 5.89. The van der Waals surface area contributed by atoms with Crippen LogP contribution in [0.4, 0.5) is 0 Å². The fourth-order valence-corrected chi connectivity index (χ4v) is 2.55. The summed E-state index contributed by atoms with van der Waals surface area (Å²) in [5.74, 6) is -0.390. The summed E-state index contributed by atoms with van der Waals surface area (Å²) in [4.78, 5) is 11.0. The van der Waals surface area contributed by atoms with Crippen molar-refractivity contribution in [2.24, 2.45) is 0 Å². The molecule has 0 fully saturated rings. The van der Waals surface area contributed by atoms with E-state index in [0.29, 0.717) is 11.4 Å². The van der Waals surface area contributed by atoms with Crippen molar-refractivity contribution < 1.29 is 15.0 Å². The highest BCUT2D eigenvalue weighted by molar-refractivity contribution is 5.69. The molecule has 0 unspecified atom stereocenters. The van der Waals surface area contributed by atoms with E-state index in [4.69, 9.17) is 5.11 Å². The lowest BCUT2D eigenvalue weighted by Crippen LogP contribution is -2.18. The fourth-order valence-electron chi connectivity index (χ4n) is 2.55. The van der Waals surface area contributed by atoms with Gasteiger partial charge in [-0.1, -0.05) is 41.5 Å². The number of carboxylic acids is 1. The Morgan fingerprint density at radius 2 is 1.58 bits per heavy atom. The number of nitrogens with zero attached hydrogens (tertiary/aromatic N) is 4. The number of phenols is 1. The highest BCUT2D eigenvalue weighted by Gasteiger charge is 2.28. The van der Waals surface area contributed by atoms with Crippen molar-refractivity contribution >= 4 is 5.97 Å². The van der Waals surface area contributed by atoms with E-state index in [1.807, 2.05) is 53.7 Å². The van der Waals surface area contributed by atoms with Gasteiger partial charge in [0.05, 0.1) is 0 Å². The minimum Gasteiger partial charge on any atom is -0.507 e. The predicted molar refractivity (Wildman–Crippen MR) is 90.0 cm³/mol. The molecule has 0 saturated carbocycles. The molecule has 7 nitrogen and oxygen atoms in total. The van der Waals surface area contributed by atoms with Crippen LogP contribution in [0.2, 0.25) is 0 Å². The summed E-state index contributed by atoms with van der Waals surface area (Å²) >= 11 is 0. The number of aromatic nitrogens is 4. The molecular weight excluding hydrogens is 308 g/mol. The number of tetrazole rings is 1. The van der Waals surface area contributed by atoms with Crippen molar-refractivity contribution in [3.63, 3.8) is 0 Å². The third-order valence-electron chi connectivity index (χ3n) is 3.80. The number of rotatable bonds is 3. The quantitative estimate of drug-likeness (QED) is 0.896. The first kappa shape index (κ1) is 17.9. The second-order valence-corrected chi connectivity index (χ2v) is 7.97. The van der Waals surface area contributed by atoms with Gasteiger partial charge in [-0.3, -0.25) is 4.79 Å². The van der Waals surface area contributed by atoms with E-state index in [0.717, 1.165) is 11.1 Å². The van der Waals surface area contributed by atoms with Crippen LogP contribution in [0.25, 0.3) is 11.4 Å². The molecule has 0 spiro atoms. The summed E-state index contributed by atoms with van der Waals surface area (Å²) in [6.07, 6.45) is 0. The molecular formula is C17H24N4O3. The molecule has 24 heavy (non-hydrogen) atoms. The smallest absolute Gasteiger partial charge is 0.325 e. The number of hydrogen-bond donors (Lipinski definition) is 2. The Labute approximate surface area is 141 Å². The maximum atomic E-state index is 11.0. The van der Waals surface area contributed by atoms with Gasteiger partial charge in [-0.05, 0) is 33.4 Å². The molecule has 0 atom stereocenters. The van der Waals surface area contributed by atoms with Gasteiger partial charge in [0.2, 0.25) is 0 Å². The number of aromatic hydroxyl groups is 1. The van der Waals surface area contributed by atoms with Gasteiger partial charge in [0.1, 0.15) is 12.3 Å². The Bertz CT molecular complexity index is 732. The molecule has 0 saturated heterocycles. The largest absolute Gasteiger partial charge is 0.507 e. The van der Waals surface area contributed by atoms with Crippen LogP contribution in [-0.4, -0.2) is 36.4 Å². The lowest BCUT2D eigenvalue weighted by molar-refractivity contribution is -0.137. The third-order valence-corrected chi connectivity index (χ3v) is 3.80. The fraction of sp³-hybridized carbons (Fsp3) is 0.529. The first-order chi connectivity index (χ1) is 10.9. The van der Waals surface area contributed by atoms with Crippen LogP contribution in [0.1, 0.15) is 52.7 Å². The Morgan fingerprint density at radius 3 is 2.00 bits per heavy atom. The summed E-state index contributed by atoms with van der Waals surface area (Å²) in [5.41, 5.74) is 1.66. The first-order valence-corrected chi connectivity index (χ1v) is 7.77. The van der Waals surface area contributed by atoms with Crippen LogP contribution in [0, 0.1) is 0 Å². The van der Waals surface area contributed by atoms with Gasteiger partial charge in [-0.15, -0.1) is 5.10 Å². The zero-order valence-electron chi connectivity index (χ0n) is 15.0. The molecule has 0 aliphatic carbocycles. The van der Waals surface area contributed by atoms with Gasteiger partial charge in [0.15, 0.2) is 5.82 Å². The summed E-state index contributed by atoms with van der Waals surface area (Å²) < 4.78 is 1.24. The Hall–Kier alpha value is -2.44. The molecule has 2 N–H and O–H groups in total. The summed E-state index contributed by atoms with van der Waals surface area (Å²) in [6.45, 7) is 11.8. The van der Waals surface area contributed by atoms with Crippen LogP contribution in [0.5, 0.6) is 5.75 Å². The van der Waals surface area contributed by atoms with Crippen molar-refractivity contribution in [1.82, 2.24) is 20.2 Å². The number of aliphatic carboxylic acids is 1. The van der Waals surface area contributed by atoms with Gasteiger partial charge in [-0.25, -0.2) is 4.68 Å². The normalized spacial score (nSPS) is 12.4. The molecule has 0 radical (unpaired) electrons. The highest BCUT2D eigenvalue weighted by Crippen LogP contribution is 2.41. The molecule has 130 valence electrons. The monoisotopic (exact) mass is 332 g/mol. The maximum Gasteiger partial charge on any atom is 0.325 e. The molecule has 7 heteroatoms. The summed E-state index contributed by atoms with van der Waals surface area (Å²) in [5, 5.41) is 31.1. The standard InChI is InChI=1S/C17H24N4O3/c1-16(2,3)11-7-10(8-12(14(11)24)17(4,5)6)15-18-19-20-21(15)9-13(22)23/h7-8,24H,9H2,1-6H3,(H,22,23). The van der Waals surface area contributed by atoms with E-state index in [1.54, 1.807) is 0 Å².